The summed E-state index contributed by atoms with van der Waals surface area (Å²) < 4.78 is 0. The molecule has 1 atom stereocenters. The monoisotopic (exact) mass is 318 g/mol. The highest BCUT2D eigenvalue weighted by atomic mass is 16.2. The minimum atomic E-state index is -0.289. The highest BCUT2D eigenvalue weighted by Gasteiger charge is 2.23. The van der Waals surface area contributed by atoms with Crippen molar-refractivity contribution in [2.24, 2.45) is 5.92 Å². The summed E-state index contributed by atoms with van der Waals surface area (Å²) in [5, 5.41) is 3.19. The number of nitrogens with one attached hydrogen (secondary N) is 1. The summed E-state index contributed by atoms with van der Waals surface area (Å²) in [7, 11) is 0. The first kappa shape index (κ1) is 17.7. The molecule has 0 aliphatic carbocycles. The molecule has 1 amide bonds. The summed E-state index contributed by atoms with van der Waals surface area (Å²) in [6.07, 6.45) is 4.43. The van der Waals surface area contributed by atoms with Gasteiger partial charge in [-0.3, -0.25) is 4.79 Å². The zero-order chi connectivity index (χ0) is 17.0. The van der Waals surface area contributed by atoms with Crippen molar-refractivity contribution in [1.29, 1.82) is 0 Å². The van der Waals surface area contributed by atoms with Gasteiger partial charge in [-0.05, 0) is 57.9 Å². The Labute approximate surface area is 139 Å². The van der Waals surface area contributed by atoms with Crippen LogP contribution in [0.2, 0.25) is 0 Å². The van der Waals surface area contributed by atoms with Gasteiger partial charge in [0.05, 0.1) is 0 Å². The Bertz CT molecular complexity index is 527. The summed E-state index contributed by atoms with van der Waals surface area (Å²) in [6.45, 7) is 12.1. The number of aryl methyl sites for hydroxylation is 2. The van der Waals surface area contributed by atoms with Crippen LogP contribution < -0.4 is 5.32 Å². The molecule has 0 saturated carbocycles. The Morgan fingerprint density at radius 2 is 1.65 bits per heavy atom. The Balaban J connectivity index is 2.05. The Morgan fingerprint density at radius 3 is 2.17 bits per heavy atom. The minimum Gasteiger partial charge on any atom is -0.343 e. The van der Waals surface area contributed by atoms with Gasteiger partial charge in [0.1, 0.15) is 6.04 Å². The van der Waals surface area contributed by atoms with Gasteiger partial charge in [-0.25, -0.2) is 9.97 Å². The SMILES string of the molecule is Cc1nc(N[C@H](C)C(=O)N2CCCCC2)nc(C)c1CC(C)C. The van der Waals surface area contributed by atoms with Crippen molar-refractivity contribution in [1.82, 2.24) is 14.9 Å². The highest BCUT2D eigenvalue weighted by molar-refractivity contribution is 5.83. The van der Waals surface area contributed by atoms with E-state index in [9.17, 15) is 4.79 Å². The lowest BCUT2D eigenvalue weighted by Crippen LogP contribution is -2.44. The van der Waals surface area contributed by atoms with Gasteiger partial charge in [0.25, 0.3) is 0 Å². The van der Waals surface area contributed by atoms with Gasteiger partial charge in [-0.1, -0.05) is 13.8 Å². The second kappa shape index (κ2) is 7.75. The average Bonchev–Trinajstić information content (AvgIpc) is 2.51. The number of hydrogen-bond acceptors (Lipinski definition) is 4. The van der Waals surface area contributed by atoms with E-state index in [2.05, 4.69) is 29.1 Å². The van der Waals surface area contributed by atoms with Crippen molar-refractivity contribution in [2.45, 2.75) is 66.3 Å². The molecule has 1 aliphatic heterocycles. The normalized spacial score (nSPS) is 16.5. The molecule has 5 nitrogen and oxygen atoms in total. The largest absolute Gasteiger partial charge is 0.343 e. The van der Waals surface area contributed by atoms with E-state index in [1.54, 1.807) is 0 Å². The van der Waals surface area contributed by atoms with Crippen LogP contribution in [0.3, 0.4) is 0 Å². The smallest absolute Gasteiger partial charge is 0.244 e. The molecule has 23 heavy (non-hydrogen) atoms. The molecular formula is C18H30N4O. The van der Waals surface area contributed by atoms with Gasteiger partial charge in [-0.2, -0.15) is 0 Å². The van der Waals surface area contributed by atoms with Crippen molar-refractivity contribution in [3.8, 4) is 0 Å². The quantitative estimate of drug-likeness (QED) is 0.906. The first-order valence-electron chi connectivity index (χ1n) is 8.78. The maximum atomic E-state index is 12.5. The van der Waals surface area contributed by atoms with Crippen LogP contribution in [0.15, 0.2) is 0 Å². The van der Waals surface area contributed by atoms with E-state index < -0.39 is 0 Å². The van der Waals surface area contributed by atoms with Crippen LogP contribution in [0, 0.1) is 19.8 Å². The van der Waals surface area contributed by atoms with Crippen molar-refractivity contribution in [3.63, 3.8) is 0 Å². The first-order valence-corrected chi connectivity index (χ1v) is 8.78. The third-order valence-corrected chi connectivity index (χ3v) is 4.42. The molecule has 1 aliphatic rings. The summed E-state index contributed by atoms with van der Waals surface area (Å²) in [4.78, 5) is 23.6. The third-order valence-electron chi connectivity index (χ3n) is 4.42. The Morgan fingerprint density at radius 1 is 1.09 bits per heavy atom. The molecule has 1 saturated heterocycles. The molecule has 0 bridgehead atoms. The fourth-order valence-corrected chi connectivity index (χ4v) is 3.15. The molecule has 1 N–H and O–H groups in total. The molecule has 2 heterocycles. The molecule has 5 heteroatoms. The number of carbonyl (C=O) groups excluding carboxylic acids is 1. The molecule has 0 unspecified atom stereocenters. The van der Waals surface area contributed by atoms with Crippen LogP contribution in [0.4, 0.5) is 5.95 Å². The summed E-state index contributed by atoms with van der Waals surface area (Å²) in [5.41, 5.74) is 3.23. The highest BCUT2D eigenvalue weighted by Crippen LogP contribution is 2.18. The molecule has 0 radical (unpaired) electrons. The molecular weight excluding hydrogens is 288 g/mol. The van der Waals surface area contributed by atoms with Gasteiger partial charge in [0.2, 0.25) is 11.9 Å². The fraction of sp³-hybridized carbons (Fsp3) is 0.722. The van der Waals surface area contributed by atoms with Crippen LogP contribution in [-0.4, -0.2) is 39.9 Å². The summed E-state index contributed by atoms with van der Waals surface area (Å²) in [5.74, 6) is 1.29. The van der Waals surface area contributed by atoms with E-state index >= 15 is 0 Å². The summed E-state index contributed by atoms with van der Waals surface area (Å²) >= 11 is 0. The molecule has 0 spiro atoms. The number of nitrogens with zero attached hydrogens (tertiary/aromatic N) is 3. The number of rotatable bonds is 5. The maximum Gasteiger partial charge on any atom is 0.244 e. The maximum absolute atomic E-state index is 12.5. The molecule has 0 aromatic carbocycles. The average molecular weight is 318 g/mol. The van der Waals surface area contributed by atoms with Gasteiger partial charge in [0, 0.05) is 24.5 Å². The zero-order valence-corrected chi connectivity index (χ0v) is 15.1. The van der Waals surface area contributed by atoms with Crippen molar-refractivity contribution in [2.75, 3.05) is 18.4 Å². The van der Waals surface area contributed by atoms with Crippen LogP contribution in [0.25, 0.3) is 0 Å². The van der Waals surface area contributed by atoms with Gasteiger partial charge in [0.15, 0.2) is 0 Å². The first-order chi connectivity index (χ1) is 10.9. The van der Waals surface area contributed by atoms with E-state index in [0.717, 1.165) is 43.7 Å². The van der Waals surface area contributed by atoms with Gasteiger partial charge >= 0.3 is 0 Å². The molecule has 2 rings (SSSR count). The van der Waals surface area contributed by atoms with Crippen molar-refractivity contribution in [3.05, 3.63) is 17.0 Å². The lowest BCUT2D eigenvalue weighted by Gasteiger charge is -2.29. The molecule has 128 valence electrons. The number of aromatic nitrogens is 2. The van der Waals surface area contributed by atoms with E-state index in [1.807, 2.05) is 25.7 Å². The molecule has 1 fully saturated rings. The van der Waals surface area contributed by atoms with Gasteiger partial charge < -0.3 is 10.2 Å². The van der Waals surface area contributed by atoms with Crippen molar-refractivity contribution < 1.29 is 4.79 Å². The van der Waals surface area contributed by atoms with Crippen LogP contribution in [0.1, 0.15) is 57.0 Å². The van der Waals surface area contributed by atoms with E-state index in [-0.39, 0.29) is 11.9 Å². The number of likely N-dealkylation sites (tertiary alicyclic amines) is 1. The van der Waals surface area contributed by atoms with E-state index in [0.29, 0.717) is 11.9 Å². The van der Waals surface area contributed by atoms with Gasteiger partial charge in [-0.15, -0.1) is 0 Å². The predicted molar refractivity (Wildman–Crippen MR) is 93.6 cm³/mol. The van der Waals surface area contributed by atoms with E-state index in [1.165, 1.54) is 12.0 Å². The van der Waals surface area contributed by atoms with Crippen LogP contribution >= 0.6 is 0 Å². The molecule has 1 aromatic rings. The van der Waals surface area contributed by atoms with Crippen molar-refractivity contribution >= 4 is 11.9 Å². The number of carbonyl (C=O) groups is 1. The number of anilines is 1. The second-order valence-corrected chi connectivity index (χ2v) is 7.05. The van der Waals surface area contributed by atoms with E-state index in [4.69, 9.17) is 0 Å². The minimum absolute atomic E-state index is 0.148. The molecule has 1 aromatic heterocycles. The topological polar surface area (TPSA) is 58.1 Å². The third kappa shape index (κ3) is 4.66. The number of hydrogen-bond donors (Lipinski definition) is 1. The van der Waals surface area contributed by atoms with Crippen LogP contribution in [-0.2, 0) is 11.2 Å². The Hall–Kier alpha value is -1.65. The van der Waals surface area contributed by atoms with Crippen LogP contribution in [0.5, 0.6) is 0 Å². The Kier molecular flexibility index (Phi) is 5.97. The number of amides is 1. The predicted octanol–water partition coefficient (Wildman–Crippen LogP) is 3.10. The fourth-order valence-electron chi connectivity index (χ4n) is 3.15. The lowest BCUT2D eigenvalue weighted by atomic mass is 10.0. The second-order valence-electron chi connectivity index (χ2n) is 7.05. The lowest BCUT2D eigenvalue weighted by molar-refractivity contribution is -0.132. The standard InChI is InChI=1S/C18H30N4O/c1-12(2)11-16-13(3)19-18(20-14(16)4)21-15(5)17(23)22-9-7-6-8-10-22/h12,15H,6-11H2,1-5H3,(H,19,20,21)/t15-/m1/s1. The number of piperidine rings is 1. The zero-order valence-electron chi connectivity index (χ0n) is 15.1. The summed E-state index contributed by atoms with van der Waals surface area (Å²) in [6, 6.07) is -0.289.